The Morgan fingerprint density at radius 2 is 2.21 bits per heavy atom. The molecule has 0 unspecified atom stereocenters. The van der Waals surface area contributed by atoms with Crippen LogP contribution in [0.5, 0.6) is 0 Å². The van der Waals surface area contributed by atoms with Gasteiger partial charge in [0.2, 0.25) is 0 Å². The van der Waals surface area contributed by atoms with Crippen LogP contribution in [-0.2, 0) is 0 Å². The fourth-order valence-corrected chi connectivity index (χ4v) is 2.18. The fraction of sp³-hybridized carbons (Fsp3) is 0.385. The monoisotopic (exact) mass is 266 g/mol. The summed E-state index contributed by atoms with van der Waals surface area (Å²) in [5.74, 6) is -0.505. The van der Waals surface area contributed by atoms with Gasteiger partial charge in [0.05, 0.1) is 11.5 Å². The summed E-state index contributed by atoms with van der Waals surface area (Å²) in [4.78, 5) is 11.7. The molecular weight excluding hydrogens is 254 g/mol. The third-order valence-electron chi connectivity index (χ3n) is 3.09. The number of hydrogen-bond acceptors (Lipinski definition) is 3. The maximum Gasteiger partial charge on any atom is 0.285 e. The van der Waals surface area contributed by atoms with Crippen LogP contribution >= 0.6 is 0 Å². The van der Waals surface area contributed by atoms with Crippen LogP contribution in [0.15, 0.2) is 18.2 Å². The Balaban J connectivity index is 2.31. The van der Waals surface area contributed by atoms with Crippen LogP contribution < -0.4 is 4.90 Å². The predicted molar refractivity (Wildman–Crippen MR) is 67.4 cm³/mol. The van der Waals surface area contributed by atoms with Crippen LogP contribution in [-0.4, -0.2) is 23.9 Å². The normalized spacial score (nSPS) is 17.8. The third-order valence-corrected chi connectivity index (χ3v) is 3.09. The quantitative estimate of drug-likeness (QED) is 0.470. The predicted octanol–water partition coefficient (Wildman–Crippen LogP) is 2.81. The van der Waals surface area contributed by atoms with Crippen LogP contribution in [0.2, 0.25) is 0 Å². The first-order valence-corrected chi connectivity index (χ1v) is 5.81. The van der Waals surface area contributed by atoms with Crippen molar-refractivity contribution in [2.45, 2.75) is 18.8 Å². The van der Waals surface area contributed by atoms with Crippen molar-refractivity contribution in [2.75, 3.05) is 18.0 Å². The molecule has 0 atom stereocenters. The number of nitro benzene ring substituents is 1. The summed E-state index contributed by atoms with van der Waals surface area (Å²) in [5, 5.41) is 10.7. The second-order valence-corrected chi connectivity index (χ2v) is 4.48. The Labute approximate surface area is 109 Å². The molecule has 0 N–H and O–H groups in total. The molecule has 1 aliphatic rings. The molecule has 2 rings (SSSR count). The van der Waals surface area contributed by atoms with Gasteiger partial charge in [0, 0.05) is 24.7 Å². The lowest BCUT2D eigenvalue weighted by Gasteiger charge is -2.34. The number of piperidine rings is 1. The number of halogens is 2. The van der Waals surface area contributed by atoms with Crippen LogP contribution in [0.3, 0.4) is 0 Å². The number of rotatable bonds is 2. The first kappa shape index (κ1) is 13.3. The Bertz CT molecular complexity index is 552. The van der Waals surface area contributed by atoms with Gasteiger partial charge in [0.15, 0.2) is 0 Å². The number of alkyl halides is 2. The van der Waals surface area contributed by atoms with Gasteiger partial charge in [-0.25, -0.2) is 8.78 Å². The van der Waals surface area contributed by atoms with Crippen molar-refractivity contribution < 1.29 is 13.7 Å². The SMILES string of the molecule is C#Cc1cc(N2CCCC(F)(F)C2)ccc1[N+](=O)[O-]. The maximum absolute atomic E-state index is 13.3. The van der Waals surface area contributed by atoms with Crippen LogP contribution in [0.25, 0.3) is 0 Å². The molecule has 0 radical (unpaired) electrons. The van der Waals surface area contributed by atoms with E-state index in [0.29, 0.717) is 18.7 Å². The first-order chi connectivity index (χ1) is 8.93. The molecule has 0 aromatic heterocycles. The number of anilines is 1. The highest BCUT2D eigenvalue weighted by Crippen LogP contribution is 2.31. The van der Waals surface area contributed by atoms with Crippen molar-refractivity contribution >= 4 is 11.4 Å². The maximum atomic E-state index is 13.3. The van der Waals surface area contributed by atoms with E-state index in [1.54, 1.807) is 0 Å². The van der Waals surface area contributed by atoms with Crippen molar-refractivity contribution in [1.82, 2.24) is 0 Å². The summed E-state index contributed by atoms with van der Waals surface area (Å²) < 4.78 is 26.7. The molecule has 1 aromatic rings. The van der Waals surface area contributed by atoms with E-state index in [2.05, 4.69) is 5.92 Å². The van der Waals surface area contributed by atoms with Crippen molar-refractivity contribution in [3.8, 4) is 12.3 Å². The summed E-state index contributed by atoms with van der Waals surface area (Å²) in [7, 11) is 0. The molecular formula is C13H12F2N2O2. The van der Waals surface area contributed by atoms with Crippen LogP contribution in [0.4, 0.5) is 20.2 Å². The minimum absolute atomic E-state index is 0.108. The lowest BCUT2D eigenvalue weighted by Crippen LogP contribution is -2.42. The lowest BCUT2D eigenvalue weighted by atomic mass is 10.1. The number of terminal acetylenes is 1. The second-order valence-electron chi connectivity index (χ2n) is 4.48. The average molecular weight is 266 g/mol. The molecule has 19 heavy (non-hydrogen) atoms. The first-order valence-electron chi connectivity index (χ1n) is 5.81. The minimum atomic E-state index is -2.73. The number of nitrogens with zero attached hydrogens (tertiary/aromatic N) is 2. The Hall–Kier alpha value is -2.16. The molecule has 0 amide bonds. The molecule has 4 nitrogen and oxygen atoms in total. The summed E-state index contributed by atoms with van der Waals surface area (Å²) >= 11 is 0. The van der Waals surface area contributed by atoms with E-state index in [1.807, 2.05) is 0 Å². The standard InChI is InChI=1S/C13H12F2N2O2/c1-2-10-8-11(4-5-12(10)17(18)19)16-7-3-6-13(14,15)9-16/h1,4-5,8H,3,6-7,9H2. The van der Waals surface area contributed by atoms with E-state index in [9.17, 15) is 18.9 Å². The second kappa shape index (κ2) is 4.84. The molecule has 100 valence electrons. The van der Waals surface area contributed by atoms with E-state index in [0.717, 1.165) is 0 Å². The van der Waals surface area contributed by atoms with E-state index in [4.69, 9.17) is 6.42 Å². The van der Waals surface area contributed by atoms with Crippen molar-refractivity contribution in [1.29, 1.82) is 0 Å². The third kappa shape index (κ3) is 2.81. The van der Waals surface area contributed by atoms with Gasteiger partial charge in [-0.05, 0) is 18.6 Å². The van der Waals surface area contributed by atoms with Gasteiger partial charge in [0.1, 0.15) is 5.56 Å². The van der Waals surface area contributed by atoms with E-state index < -0.39 is 10.8 Å². The zero-order chi connectivity index (χ0) is 14.0. The van der Waals surface area contributed by atoms with Crippen molar-refractivity contribution in [3.63, 3.8) is 0 Å². The molecule has 1 heterocycles. The molecule has 0 aliphatic carbocycles. The van der Waals surface area contributed by atoms with Gasteiger partial charge >= 0.3 is 0 Å². The van der Waals surface area contributed by atoms with Gasteiger partial charge in [-0.1, -0.05) is 5.92 Å². The molecule has 1 saturated heterocycles. The van der Waals surface area contributed by atoms with E-state index in [1.165, 1.54) is 23.1 Å². The zero-order valence-corrected chi connectivity index (χ0v) is 10.1. The Morgan fingerprint density at radius 3 is 2.79 bits per heavy atom. The number of benzene rings is 1. The van der Waals surface area contributed by atoms with Gasteiger partial charge in [0.25, 0.3) is 11.6 Å². The summed E-state index contributed by atoms with van der Waals surface area (Å²) in [6, 6.07) is 4.14. The van der Waals surface area contributed by atoms with Gasteiger partial charge in [-0.2, -0.15) is 0 Å². The molecule has 0 spiro atoms. The molecule has 0 bridgehead atoms. The number of nitro groups is 1. The minimum Gasteiger partial charge on any atom is -0.365 e. The average Bonchev–Trinajstić information content (AvgIpc) is 2.36. The molecule has 0 saturated carbocycles. The summed E-state index contributed by atoms with van der Waals surface area (Å²) in [5.41, 5.74) is 0.421. The fourth-order valence-electron chi connectivity index (χ4n) is 2.18. The van der Waals surface area contributed by atoms with Gasteiger partial charge in [-0.3, -0.25) is 10.1 Å². The van der Waals surface area contributed by atoms with Crippen molar-refractivity contribution in [2.24, 2.45) is 0 Å². The van der Waals surface area contributed by atoms with Gasteiger partial charge in [-0.15, -0.1) is 6.42 Å². The van der Waals surface area contributed by atoms with Crippen molar-refractivity contribution in [3.05, 3.63) is 33.9 Å². The van der Waals surface area contributed by atoms with Crippen LogP contribution in [0.1, 0.15) is 18.4 Å². The molecule has 1 aliphatic heterocycles. The smallest absolute Gasteiger partial charge is 0.285 e. The van der Waals surface area contributed by atoms with Gasteiger partial charge < -0.3 is 4.90 Å². The zero-order valence-electron chi connectivity index (χ0n) is 10.1. The van der Waals surface area contributed by atoms with E-state index >= 15 is 0 Å². The summed E-state index contributed by atoms with van der Waals surface area (Å²) in [6.45, 7) is 0.117. The highest BCUT2D eigenvalue weighted by atomic mass is 19.3. The topological polar surface area (TPSA) is 46.4 Å². The summed E-state index contributed by atoms with van der Waals surface area (Å²) in [6.07, 6.45) is 5.48. The number of hydrogen-bond donors (Lipinski definition) is 0. The highest BCUT2D eigenvalue weighted by Gasteiger charge is 2.35. The molecule has 6 heteroatoms. The molecule has 1 fully saturated rings. The highest BCUT2D eigenvalue weighted by molar-refractivity contribution is 5.61. The van der Waals surface area contributed by atoms with Crippen LogP contribution in [0, 0.1) is 22.5 Å². The lowest BCUT2D eigenvalue weighted by molar-refractivity contribution is -0.385. The Morgan fingerprint density at radius 1 is 1.47 bits per heavy atom. The van der Waals surface area contributed by atoms with E-state index in [-0.39, 0.29) is 24.2 Å². The Kier molecular flexibility index (Phi) is 3.38. The largest absolute Gasteiger partial charge is 0.365 e. The molecule has 1 aromatic carbocycles.